The van der Waals surface area contributed by atoms with E-state index < -0.39 is 0 Å². The molecule has 1 saturated carbocycles. The van der Waals surface area contributed by atoms with Crippen molar-refractivity contribution in [2.45, 2.75) is 32.1 Å². The van der Waals surface area contributed by atoms with Gasteiger partial charge in [0.2, 0.25) is 0 Å². The molecule has 0 amide bonds. The maximum absolute atomic E-state index is 5.47. The normalized spacial score (nSPS) is 18.1. The van der Waals surface area contributed by atoms with Gasteiger partial charge in [-0.05, 0) is 30.4 Å². The third kappa shape index (κ3) is 3.44. The smallest absolute Gasteiger partial charge is 0.142 e. The average Bonchev–Trinajstić information content (AvgIpc) is 2.48. The van der Waals surface area contributed by atoms with E-state index in [1.54, 1.807) is 7.11 Å². The fraction of sp³-hybridized carbons (Fsp3) is 0.625. The van der Waals surface area contributed by atoms with E-state index in [1.165, 1.54) is 37.8 Å². The van der Waals surface area contributed by atoms with Gasteiger partial charge in [-0.3, -0.25) is 0 Å². The molecule has 0 bridgehead atoms. The van der Waals surface area contributed by atoms with Crippen molar-refractivity contribution in [3.8, 4) is 5.75 Å². The van der Waals surface area contributed by atoms with Crippen LogP contribution in [0.5, 0.6) is 5.75 Å². The number of hydrogen-bond donors (Lipinski definition) is 0. The maximum atomic E-state index is 5.47. The standard InChI is InChI=1S/C16H24BrNO/c1-18(14-8-4-5-9-15(14)19-2)13-16(12-17)10-6-3-7-11-16/h4-5,8-9H,3,6-7,10-13H2,1-2H3. The lowest BCUT2D eigenvalue weighted by Crippen LogP contribution is -2.38. The highest BCUT2D eigenvalue weighted by atomic mass is 79.9. The molecule has 106 valence electrons. The zero-order valence-electron chi connectivity index (χ0n) is 12.0. The molecule has 0 saturated heterocycles. The zero-order chi connectivity index (χ0) is 13.7. The van der Waals surface area contributed by atoms with E-state index >= 15 is 0 Å². The summed E-state index contributed by atoms with van der Waals surface area (Å²) in [5.74, 6) is 0.963. The summed E-state index contributed by atoms with van der Waals surface area (Å²) in [5.41, 5.74) is 1.62. The first-order valence-electron chi connectivity index (χ1n) is 7.11. The predicted octanol–water partition coefficient (Wildman–Crippen LogP) is 4.48. The first kappa shape index (κ1) is 14.7. The summed E-state index contributed by atoms with van der Waals surface area (Å²) < 4.78 is 5.47. The Bertz CT molecular complexity index is 401. The largest absolute Gasteiger partial charge is 0.495 e. The van der Waals surface area contributed by atoms with Crippen LogP contribution in [0.1, 0.15) is 32.1 Å². The molecule has 1 aliphatic carbocycles. The number of benzene rings is 1. The Balaban J connectivity index is 2.12. The van der Waals surface area contributed by atoms with Crippen molar-refractivity contribution in [1.29, 1.82) is 0 Å². The van der Waals surface area contributed by atoms with Crippen LogP contribution < -0.4 is 9.64 Å². The molecule has 0 atom stereocenters. The van der Waals surface area contributed by atoms with Crippen LogP contribution in [0, 0.1) is 5.41 Å². The minimum absolute atomic E-state index is 0.424. The monoisotopic (exact) mass is 325 g/mol. The van der Waals surface area contributed by atoms with Gasteiger partial charge in [0.05, 0.1) is 12.8 Å². The van der Waals surface area contributed by atoms with Gasteiger partial charge in [0.15, 0.2) is 0 Å². The highest BCUT2D eigenvalue weighted by Crippen LogP contribution is 2.40. The number of methoxy groups -OCH3 is 1. The molecule has 0 unspecified atom stereocenters. The number of hydrogen-bond acceptors (Lipinski definition) is 2. The maximum Gasteiger partial charge on any atom is 0.142 e. The predicted molar refractivity (Wildman–Crippen MR) is 85.6 cm³/mol. The molecule has 1 aromatic rings. The Morgan fingerprint density at radius 2 is 1.89 bits per heavy atom. The lowest BCUT2D eigenvalue weighted by molar-refractivity contribution is 0.231. The fourth-order valence-electron chi connectivity index (χ4n) is 3.17. The van der Waals surface area contributed by atoms with Gasteiger partial charge in [-0.2, -0.15) is 0 Å². The Morgan fingerprint density at radius 1 is 1.21 bits per heavy atom. The molecule has 0 heterocycles. The SMILES string of the molecule is COc1ccccc1N(C)CC1(CBr)CCCCC1. The number of alkyl halides is 1. The third-order valence-corrected chi connectivity index (χ3v) is 5.46. The van der Waals surface area contributed by atoms with Crippen molar-refractivity contribution in [2.24, 2.45) is 5.41 Å². The van der Waals surface area contributed by atoms with Crippen molar-refractivity contribution < 1.29 is 4.74 Å². The summed E-state index contributed by atoms with van der Waals surface area (Å²) in [4.78, 5) is 2.35. The molecule has 0 radical (unpaired) electrons. The van der Waals surface area contributed by atoms with Gasteiger partial charge in [0, 0.05) is 18.9 Å². The van der Waals surface area contributed by atoms with E-state index in [9.17, 15) is 0 Å². The molecule has 3 heteroatoms. The first-order chi connectivity index (χ1) is 9.21. The summed E-state index contributed by atoms with van der Waals surface area (Å²) in [6.45, 7) is 1.10. The number of anilines is 1. The fourth-order valence-corrected chi connectivity index (χ4v) is 3.91. The van der Waals surface area contributed by atoms with E-state index in [2.05, 4.69) is 40.0 Å². The van der Waals surface area contributed by atoms with Gasteiger partial charge in [0.25, 0.3) is 0 Å². The Morgan fingerprint density at radius 3 is 2.53 bits per heavy atom. The van der Waals surface area contributed by atoms with Crippen LogP contribution in [-0.2, 0) is 0 Å². The molecule has 2 nitrogen and oxygen atoms in total. The number of halogens is 1. The Hall–Kier alpha value is -0.700. The number of nitrogens with zero attached hydrogens (tertiary/aromatic N) is 1. The number of para-hydroxylation sites is 2. The number of rotatable bonds is 5. The highest BCUT2D eigenvalue weighted by Gasteiger charge is 2.32. The second-order valence-electron chi connectivity index (χ2n) is 5.72. The van der Waals surface area contributed by atoms with Crippen LogP contribution in [0.4, 0.5) is 5.69 Å². The quantitative estimate of drug-likeness (QED) is 0.740. The molecule has 0 aromatic heterocycles. The van der Waals surface area contributed by atoms with Crippen molar-refractivity contribution in [3.63, 3.8) is 0 Å². The summed E-state index contributed by atoms with van der Waals surface area (Å²) in [5, 5.41) is 1.10. The Labute approximate surface area is 125 Å². The van der Waals surface area contributed by atoms with Crippen LogP contribution in [-0.4, -0.2) is 26.0 Å². The summed E-state index contributed by atoms with van der Waals surface area (Å²) in [6.07, 6.45) is 6.79. The van der Waals surface area contributed by atoms with Crippen LogP contribution in [0.3, 0.4) is 0 Å². The molecule has 1 aromatic carbocycles. The summed E-state index contributed by atoms with van der Waals surface area (Å²) >= 11 is 3.75. The molecule has 2 rings (SSSR count). The van der Waals surface area contributed by atoms with Crippen molar-refractivity contribution in [1.82, 2.24) is 0 Å². The molecule has 0 N–H and O–H groups in total. The first-order valence-corrected chi connectivity index (χ1v) is 8.23. The third-order valence-electron chi connectivity index (χ3n) is 4.27. The van der Waals surface area contributed by atoms with E-state index in [4.69, 9.17) is 4.74 Å². The van der Waals surface area contributed by atoms with Gasteiger partial charge in [0.1, 0.15) is 5.75 Å². The van der Waals surface area contributed by atoms with Crippen molar-refractivity contribution in [3.05, 3.63) is 24.3 Å². The van der Waals surface area contributed by atoms with Crippen LogP contribution in [0.25, 0.3) is 0 Å². The van der Waals surface area contributed by atoms with Crippen LogP contribution >= 0.6 is 15.9 Å². The molecular formula is C16H24BrNO. The molecule has 0 aliphatic heterocycles. The Kier molecular flexibility index (Phi) is 5.14. The molecule has 0 spiro atoms. The van der Waals surface area contributed by atoms with Crippen LogP contribution in [0.2, 0.25) is 0 Å². The average molecular weight is 326 g/mol. The van der Waals surface area contributed by atoms with E-state index in [0.717, 1.165) is 17.6 Å². The lowest BCUT2D eigenvalue weighted by Gasteiger charge is -2.39. The van der Waals surface area contributed by atoms with Gasteiger partial charge in [-0.1, -0.05) is 47.3 Å². The number of ether oxygens (including phenoxy) is 1. The molecular weight excluding hydrogens is 302 g/mol. The molecule has 1 aliphatic rings. The lowest BCUT2D eigenvalue weighted by atomic mass is 9.75. The van der Waals surface area contributed by atoms with E-state index in [-0.39, 0.29) is 0 Å². The minimum atomic E-state index is 0.424. The van der Waals surface area contributed by atoms with Crippen molar-refractivity contribution in [2.75, 3.05) is 30.9 Å². The molecule has 19 heavy (non-hydrogen) atoms. The van der Waals surface area contributed by atoms with Gasteiger partial charge < -0.3 is 9.64 Å². The van der Waals surface area contributed by atoms with Gasteiger partial charge >= 0.3 is 0 Å². The summed E-state index contributed by atoms with van der Waals surface area (Å²) in [7, 11) is 3.92. The van der Waals surface area contributed by atoms with E-state index in [0.29, 0.717) is 5.41 Å². The zero-order valence-corrected chi connectivity index (χ0v) is 13.6. The topological polar surface area (TPSA) is 12.5 Å². The summed E-state index contributed by atoms with van der Waals surface area (Å²) in [6, 6.07) is 8.28. The second-order valence-corrected chi connectivity index (χ2v) is 6.28. The van der Waals surface area contributed by atoms with E-state index in [1.807, 2.05) is 12.1 Å². The van der Waals surface area contributed by atoms with Crippen molar-refractivity contribution >= 4 is 21.6 Å². The highest BCUT2D eigenvalue weighted by molar-refractivity contribution is 9.09. The van der Waals surface area contributed by atoms with Crippen LogP contribution in [0.15, 0.2) is 24.3 Å². The van der Waals surface area contributed by atoms with Gasteiger partial charge in [-0.15, -0.1) is 0 Å². The molecule has 1 fully saturated rings. The minimum Gasteiger partial charge on any atom is -0.495 e. The second kappa shape index (κ2) is 6.65. The van der Waals surface area contributed by atoms with Gasteiger partial charge in [-0.25, -0.2) is 0 Å².